The first kappa shape index (κ1) is 20.9. The van der Waals surface area contributed by atoms with Crippen LogP contribution in [0.4, 0.5) is 0 Å². The van der Waals surface area contributed by atoms with Gasteiger partial charge < -0.3 is 26.6 Å². The van der Waals surface area contributed by atoms with E-state index in [1.54, 1.807) is 12.2 Å². The summed E-state index contributed by atoms with van der Waals surface area (Å²) in [6.07, 6.45) is 5.40. The molecule has 2 heterocycles. The molecule has 2 aliphatic rings. The minimum atomic E-state index is -0.783. The number of hydrogen-bond donors (Lipinski definition) is 4. The lowest BCUT2D eigenvalue weighted by molar-refractivity contribution is -0.137. The van der Waals surface area contributed by atoms with E-state index < -0.39 is 29.8 Å². The van der Waals surface area contributed by atoms with Gasteiger partial charge >= 0.3 is 0 Å². The van der Waals surface area contributed by atoms with E-state index >= 15 is 0 Å². The Kier molecular flexibility index (Phi) is 7.35. The molecule has 0 aromatic carbocycles. The summed E-state index contributed by atoms with van der Waals surface area (Å²) in [7, 11) is 0. The molecule has 9 nitrogen and oxygen atoms in total. The Balaban J connectivity index is 1.89. The van der Waals surface area contributed by atoms with E-state index in [1.165, 1.54) is 4.90 Å². The summed E-state index contributed by atoms with van der Waals surface area (Å²) in [4.78, 5) is 49.8. The second kappa shape index (κ2) is 9.50. The maximum absolute atomic E-state index is 12.5. The van der Waals surface area contributed by atoms with Crippen molar-refractivity contribution in [2.45, 2.75) is 51.2 Å². The minimum Gasteiger partial charge on any atom is -0.368 e. The lowest BCUT2D eigenvalue weighted by atomic mass is 10.0. The van der Waals surface area contributed by atoms with Crippen molar-refractivity contribution < 1.29 is 19.2 Å². The van der Waals surface area contributed by atoms with Gasteiger partial charge in [-0.1, -0.05) is 26.0 Å². The summed E-state index contributed by atoms with van der Waals surface area (Å²) in [5.74, 6) is -1.43. The van der Waals surface area contributed by atoms with Crippen LogP contribution in [0.1, 0.15) is 33.1 Å². The largest absolute Gasteiger partial charge is 0.368 e. The maximum atomic E-state index is 12.5. The third-order valence-electron chi connectivity index (χ3n) is 4.70. The van der Waals surface area contributed by atoms with Crippen LogP contribution in [0, 0.1) is 5.92 Å². The van der Waals surface area contributed by atoms with Gasteiger partial charge in [0.25, 0.3) is 0 Å². The summed E-state index contributed by atoms with van der Waals surface area (Å²) in [5, 5.41) is 8.46. The van der Waals surface area contributed by atoms with E-state index in [1.807, 2.05) is 13.8 Å². The second-order valence-electron chi connectivity index (χ2n) is 7.38. The lowest BCUT2D eigenvalue weighted by Gasteiger charge is -2.24. The van der Waals surface area contributed by atoms with E-state index in [9.17, 15) is 19.2 Å². The van der Waals surface area contributed by atoms with Gasteiger partial charge in [0.05, 0.1) is 12.6 Å². The number of nitrogens with zero attached hydrogens (tertiary/aromatic N) is 1. The highest BCUT2D eigenvalue weighted by Gasteiger charge is 2.31. The first-order valence-electron chi connectivity index (χ1n) is 9.36. The van der Waals surface area contributed by atoms with Crippen LogP contribution < -0.4 is 21.7 Å². The molecule has 0 spiro atoms. The molecule has 3 atom stereocenters. The van der Waals surface area contributed by atoms with E-state index in [2.05, 4.69) is 16.0 Å². The van der Waals surface area contributed by atoms with Crippen LogP contribution in [0.5, 0.6) is 0 Å². The highest BCUT2D eigenvalue weighted by molar-refractivity contribution is 5.94. The van der Waals surface area contributed by atoms with E-state index in [4.69, 9.17) is 5.73 Å². The van der Waals surface area contributed by atoms with E-state index in [-0.39, 0.29) is 31.0 Å². The monoisotopic (exact) mass is 379 g/mol. The summed E-state index contributed by atoms with van der Waals surface area (Å²) in [6, 6.07) is -1.77. The van der Waals surface area contributed by atoms with Crippen LogP contribution in [0.2, 0.25) is 0 Å². The Hall–Kier alpha value is -2.42. The standard InChI is InChI=1S/C18H29N5O4/c1-11(2)9-13(22-18(27)12-5-3-7-20-12)17(26)21-10-15(24)23-8-4-6-14(23)16(19)25/h4,6,11-14,20H,3,5,7-10H2,1-2H3,(H2,19,25)(H,21,26)(H,22,27)/t12-,13-,14-/m0/s1. The molecule has 0 aromatic heterocycles. The fourth-order valence-electron chi connectivity index (χ4n) is 3.30. The Labute approximate surface area is 159 Å². The SMILES string of the molecule is CC(C)C[C@H](NC(=O)[C@@H]1CCCN1)C(=O)NCC(=O)N1CC=C[C@H]1C(N)=O. The highest BCUT2D eigenvalue weighted by Crippen LogP contribution is 2.10. The van der Waals surface area contributed by atoms with Gasteiger partial charge in [0.2, 0.25) is 23.6 Å². The van der Waals surface area contributed by atoms with Gasteiger partial charge in [0, 0.05) is 6.54 Å². The van der Waals surface area contributed by atoms with Gasteiger partial charge in [-0.2, -0.15) is 0 Å². The molecule has 150 valence electrons. The normalized spacial score (nSPS) is 22.7. The fourth-order valence-corrected chi connectivity index (χ4v) is 3.30. The summed E-state index contributed by atoms with van der Waals surface area (Å²) in [5.41, 5.74) is 5.27. The summed E-state index contributed by atoms with van der Waals surface area (Å²) >= 11 is 0. The van der Waals surface area contributed by atoms with Gasteiger partial charge in [0.1, 0.15) is 12.1 Å². The maximum Gasteiger partial charge on any atom is 0.244 e. The topological polar surface area (TPSA) is 134 Å². The molecular formula is C18H29N5O4. The zero-order valence-corrected chi connectivity index (χ0v) is 15.9. The molecule has 0 aliphatic carbocycles. The number of primary amides is 1. The Bertz CT molecular complexity index is 613. The van der Waals surface area contributed by atoms with Crippen LogP contribution in [-0.2, 0) is 19.2 Å². The minimum absolute atomic E-state index is 0.190. The van der Waals surface area contributed by atoms with Crippen LogP contribution in [-0.4, -0.2) is 66.3 Å². The molecule has 0 saturated carbocycles. The number of amides is 4. The van der Waals surface area contributed by atoms with E-state index in [0.29, 0.717) is 6.42 Å². The molecule has 1 fully saturated rings. The molecule has 5 N–H and O–H groups in total. The van der Waals surface area contributed by atoms with Crippen molar-refractivity contribution in [3.05, 3.63) is 12.2 Å². The molecule has 0 unspecified atom stereocenters. The Morgan fingerprint density at radius 2 is 2.04 bits per heavy atom. The molecule has 0 bridgehead atoms. The third-order valence-corrected chi connectivity index (χ3v) is 4.70. The molecule has 4 amide bonds. The predicted octanol–water partition coefficient (Wildman–Crippen LogP) is -1.36. The lowest BCUT2D eigenvalue weighted by Crippen LogP contribution is -2.54. The first-order valence-corrected chi connectivity index (χ1v) is 9.36. The van der Waals surface area contributed by atoms with Gasteiger partial charge in [0.15, 0.2) is 0 Å². The average Bonchev–Trinajstić information content (AvgIpc) is 3.29. The number of rotatable bonds is 8. The molecule has 2 aliphatic heterocycles. The highest BCUT2D eigenvalue weighted by atomic mass is 16.2. The quantitative estimate of drug-likeness (QED) is 0.387. The van der Waals surface area contributed by atoms with Crippen LogP contribution >= 0.6 is 0 Å². The first-order chi connectivity index (χ1) is 12.8. The number of nitrogens with one attached hydrogen (secondary N) is 3. The third kappa shape index (κ3) is 5.78. The smallest absolute Gasteiger partial charge is 0.244 e. The summed E-state index contributed by atoms with van der Waals surface area (Å²) in [6.45, 7) is 4.73. The average molecular weight is 379 g/mol. The van der Waals surface area contributed by atoms with Crippen LogP contribution in [0.3, 0.4) is 0 Å². The van der Waals surface area contributed by atoms with Crippen LogP contribution in [0.25, 0.3) is 0 Å². The predicted molar refractivity (Wildman–Crippen MR) is 99.3 cm³/mol. The number of hydrogen-bond acceptors (Lipinski definition) is 5. The van der Waals surface area contributed by atoms with Crippen molar-refractivity contribution in [3.8, 4) is 0 Å². The number of carbonyl (C=O) groups excluding carboxylic acids is 4. The van der Waals surface area contributed by atoms with Crippen molar-refractivity contribution >= 4 is 23.6 Å². The number of nitrogens with two attached hydrogens (primary N) is 1. The fraction of sp³-hybridized carbons (Fsp3) is 0.667. The molecular weight excluding hydrogens is 350 g/mol. The van der Waals surface area contributed by atoms with Crippen molar-refractivity contribution in [1.29, 1.82) is 0 Å². The van der Waals surface area contributed by atoms with E-state index in [0.717, 1.165) is 19.4 Å². The van der Waals surface area contributed by atoms with Crippen molar-refractivity contribution in [3.63, 3.8) is 0 Å². The zero-order valence-electron chi connectivity index (χ0n) is 15.9. The van der Waals surface area contributed by atoms with Gasteiger partial charge in [-0.25, -0.2) is 0 Å². The van der Waals surface area contributed by atoms with Crippen molar-refractivity contribution in [2.24, 2.45) is 11.7 Å². The molecule has 0 aromatic rings. The molecule has 9 heteroatoms. The second-order valence-corrected chi connectivity index (χ2v) is 7.38. The molecule has 2 rings (SSSR count). The molecule has 1 saturated heterocycles. The van der Waals surface area contributed by atoms with Crippen molar-refractivity contribution in [1.82, 2.24) is 20.9 Å². The Morgan fingerprint density at radius 3 is 2.63 bits per heavy atom. The Morgan fingerprint density at radius 1 is 1.30 bits per heavy atom. The molecule has 27 heavy (non-hydrogen) atoms. The number of carbonyl (C=O) groups is 4. The zero-order chi connectivity index (χ0) is 20.0. The van der Waals surface area contributed by atoms with Gasteiger partial charge in [-0.05, 0) is 31.7 Å². The van der Waals surface area contributed by atoms with Crippen molar-refractivity contribution in [2.75, 3.05) is 19.6 Å². The van der Waals surface area contributed by atoms with Gasteiger partial charge in [-0.15, -0.1) is 0 Å². The van der Waals surface area contributed by atoms with Gasteiger partial charge in [-0.3, -0.25) is 19.2 Å². The summed E-state index contributed by atoms with van der Waals surface area (Å²) < 4.78 is 0. The molecule has 0 radical (unpaired) electrons. The van der Waals surface area contributed by atoms with Crippen LogP contribution in [0.15, 0.2) is 12.2 Å².